The molecule has 0 radical (unpaired) electrons. The maximum atomic E-state index is 12.5. The average Bonchev–Trinajstić information content (AvgIpc) is 3.24. The minimum absolute atomic E-state index is 0.0104. The first-order valence-electron chi connectivity index (χ1n) is 11.1. The summed E-state index contributed by atoms with van der Waals surface area (Å²) in [6.45, 7) is 1.96. The van der Waals surface area contributed by atoms with Gasteiger partial charge in [-0.25, -0.2) is 4.98 Å². The Morgan fingerprint density at radius 1 is 1.14 bits per heavy atom. The molecule has 0 saturated carbocycles. The van der Waals surface area contributed by atoms with Crippen LogP contribution in [-0.2, 0) is 16.0 Å². The van der Waals surface area contributed by atoms with Crippen LogP contribution in [-0.4, -0.2) is 40.5 Å². The summed E-state index contributed by atoms with van der Waals surface area (Å²) in [6.07, 6.45) is 1.91. The summed E-state index contributed by atoms with van der Waals surface area (Å²) in [5.41, 5.74) is 3.71. The Hall–Kier alpha value is -4.40. The van der Waals surface area contributed by atoms with Gasteiger partial charge >= 0.3 is 5.97 Å². The molecule has 0 amide bonds. The number of methoxy groups -OCH3 is 1. The number of nitrogens with one attached hydrogen (secondary N) is 2. The van der Waals surface area contributed by atoms with Gasteiger partial charge in [0.1, 0.15) is 17.1 Å². The molecular weight excluding hydrogens is 448 g/mol. The number of carbonyl (C=O) groups excluding carboxylic acids is 1. The smallest absolute Gasteiger partial charge is 0.303 e. The van der Waals surface area contributed by atoms with E-state index in [1.54, 1.807) is 19.4 Å². The van der Waals surface area contributed by atoms with Crippen molar-refractivity contribution in [2.45, 2.75) is 25.7 Å². The molecule has 3 N–H and O–H groups in total. The third-order valence-electron chi connectivity index (χ3n) is 5.48. The first-order valence-corrected chi connectivity index (χ1v) is 11.1. The number of ketones is 1. The SMILES string of the molecule is COc1cccc(Nc2nc3ccc(CC(=O)CNc4ccc(C(C)CC(=O)O)cn4)cc3o2)c1. The molecule has 0 saturated heterocycles. The fraction of sp³-hybridized carbons (Fsp3) is 0.231. The Labute approximate surface area is 202 Å². The van der Waals surface area contributed by atoms with Crippen LogP contribution >= 0.6 is 0 Å². The van der Waals surface area contributed by atoms with Gasteiger partial charge in [-0.3, -0.25) is 9.59 Å². The van der Waals surface area contributed by atoms with Crippen LogP contribution in [0, 0.1) is 0 Å². The number of aromatic nitrogens is 2. The normalized spacial score (nSPS) is 11.7. The third kappa shape index (κ3) is 6.35. The lowest BCUT2D eigenvalue weighted by Gasteiger charge is -2.10. The molecule has 180 valence electrons. The number of fused-ring (bicyclic) bond motifs is 1. The Morgan fingerprint density at radius 2 is 2.00 bits per heavy atom. The number of carbonyl (C=O) groups is 2. The van der Waals surface area contributed by atoms with E-state index in [1.165, 1.54) is 0 Å². The van der Waals surface area contributed by atoms with Crippen molar-refractivity contribution in [1.29, 1.82) is 0 Å². The molecule has 0 spiro atoms. The third-order valence-corrected chi connectivity index (χ3v) is 5.48. The molecule has 2 aromatic heterocycles. The average molecular weight is 475 g/mol. The summed E-state index contributed by atoms with van der Waals surface area (Å²) in [4.78, 5) is 32.1. The van der Waals surface area contributed by atoms with E-state index in [9.17, 15) is 9.59 Å². The van der Waals surface area contributed by atoms with E-state index >= 15 is 0 Å². The largest absolute Gasteiger partial charge is 0.497 e. The van der Waals surface area contributed by atoms with Crippen LogP contribution in [0.15, 0.2) is 65.2 Å². The molecule has 2 heterocycles. The number of hydrogen-bond donors (Lipinski definition) is 3. The van der Waals surface area contributed by atoms with E-state index in [2.05, 4.69) is 20.6 Å². The fourth-order valence-corrected chi connectivity index (χ4v) is 3.62. The molecule has 9 heteroatoms. The lowest BCUT2D eigenvalue weighted by atomic mass is 10.00. The number of hydrogen-bond acceptors (Lipinski definition) is 8. The second kappa shape index (κ2) is 10.7. The van der Waals surface area contributed by atoms with Crippen LogP contribution in [0.5, 0.6) is 5.75 Å². The number of Topliss-reactive ketones (excluding diaryl/α,β-unsaturated/α-hetero) is 1. The summed E-state index contributed by atoms with van der Waals surface area (Å²) in [5.74, 6) is 0.290. The summed E-state index contributed by atoms with van der Waals surface area (Å²) in [6, 6.07) is 16.9. The van der Waals surface area contributed by atoms with Crippen LogP contribution < -0.4 is 15.4 Å². The second-order valence-electron chi connectivity index (χ2n) is 8.22. The molecular formula is C26H26N4O5. The van der Waals surface area contributed by atoms with Crippen molar-refractivity contribution in [1.82, 2.24) is 9.97 Å². The Balaban J connectivity index is 1.33. The van der Waals surface area contributed by atoms with Crippen molar-refractivity contribution in [3.05, 3.63) is 71.9 Å². The quantitative estimate of drug-likeness (QED) is 0.281. The molecule has 0 fully saturated rings. The number of carboxylic acids is 1. The molecule has 9 nitrogen and oxygen atoms in total. The molecule has 0 aliphatic rings. The van der Waals surface area contributed by atoms with Gasteiger partial charge in [-0.15, -0.1) is 0 Å². The summed E-state index contributed by atoms with van der Waals surface area (Å²) >= 11 is 0. The molecule has 0 aliphatic carbocycles. The number of benzene rings is 2. The minimum atomic E-state index is -0.849. The lowest BCUT2D eigenvalue weighted by Crippen LogP contribution is -2.16. The molecule has 2 aromatic carbocycles. The maximum absolute atomic E-state index is 12.5. The van der Waals surface area contributed by atoms with E-state index in [1.807, 2.05) is 55.5 Å². The zero-order valence-corrected chi connectivity index (χ0v) is 19.4. The number of aliphatic carboxylic acids is 1. The van der Waals surface area contributed by atoms with Gasteiger partial charge in [0.25, 0.3) is 6.01 Å². The highest BCUT2D eigenvalue weighted by Gasteiger charge is 2.12. The zero-order chi connectivity index (χ0) is 24.8. The fourth-order valence-electron chi connectivity index (χ4n) is 3.62. The van der Waals surface area contributed by atoms with Crippen molar-refractivity contribution < 1.29 is 23.8 Å². The summed E-state index contributed by atoms with van der Waals surface area (Å²) in [5, 5.41) is 15.0. The number of pyridine rings is 1. The summed E-state index contributed by atoms with van der Waals surface area (Å²) < 4.78 is 11.0. The Bertz CT molecular complexity index is 1330. The molecule has 0 bridgehead atoms. The van der Waals surface area contributed by atoms with Gasteiger partial charge in [0.2, 0.25) is 0 Å². The van der Waals surface area contributed by atoms with Gasteiger partial charge in [-0.1, -0.05) is 25.1 Å². The number of ether oxygens (including phenoxy) is 1. The predicted octanol–water partition coefficient (Wildman–Crippen LogP) is 4.78. The number of anilines is 3. The van der Waals surface area contributed by atoms with E-state index in [0.29, 0.717) is 22.9 Å². The maximum Gasteiger partial charge on any atom is 0.303 e. The van der Waals surface area contributed by atoms with E-state index in [0.717, 1.165) is 22.6 Å². The number of oxazole rings is 1. The minimum Gasteiger partial charge on any atom is -0.497 e. The molecule has 1 atom stereocenters. The van der Waals surface area contributed by atoms with Crippen molar-refractivity contribution in [3.63, 3.8) is 0 Å². The second-order valence-corrected chi connectivity index (χ2v) is 8.22. The van der Waals surface area contributed by atoms with Crippen LogP contribution in [0.4, 0.5) is 17.5 Å². The molecule has 35 heavy (non-hydrogen) atoms. The van der Waals surface area contributed by atoms with Crippen molar-refractivity contribution >= 4 is 40.4 Å². The molecule has 0 aliphatic heterocycles. The van der Waals surface area contributed by atoms with E-state index in [-0.39, 0.29) is 31.1 Å². The van der Waals surface area contributed by atoms with Gasteiger partial charge < -0.3 is 24.9 Å². The van der Waals surface area contributed by atoms with E-state index in [4.69, 9.17) is 14.3 Å². The summed E-state index contributed by atoms with van der Waals surface area (Å²) in [7, 11) is 1.61. The standard InChI is InChI=1S/C26H26N4O5/c1-16(10-25(32)33)18-7-9-24(27-14-18)28-15-20(31)11-17-6-8-22-23(12-17)35-26(30-22)29-19-4-3-5-21(13-19)34-2/h3-9,12-14,16H,10-11,15H2,1-2H3,(H,27,28)(H,29,30)(H,32,33). The highest BCUT2D eigenvalue weighted by Crippen LogP contribution is 2.25. The first kappa shape index (κ1) is 23.7. The van der Waals surface area contributed by atoms with Gasteiger partial charge in [-0.2, -0.15) is 4.98 Å². The predicted molar refractivity (Wildman–Crippen MR) is 132 cm³/mol. The van der Waals surface area contributed by atoms with Gasteiger partial charge in [0, 0.05) is 24.4 Å². The monoisotopic (exact) mass is 474 g/mol. The van der Waals surface area contributed by atoms with Crippen LogP contribution in [0.1, 0.15) is 30.4 Å². The highest BCUT2D eigenvalue weighted by atomic mass is 16.5. The number of carboxylic acid groups (broad SMARTS) is 1. The van der Waals surface area contributed by atoms with Gasteiger partial charge in [-0.05, 0) is 47.4 Å². The van der Waals surface area contributed by atoms with Crippen molar-refractivity contribution in [2.75, 3.05) is 24.3 Å². The molecule has 4 rings (SSSR count). The van der Waals surface area contributed by atoms with Crippen LogP contribution in [0.3, 0.4) is 0 Å². The van der Waals surface area contributed by atoms with Crippen LogP contribution in [0.2, 0.25) is 0 Å². The molecule has 4 aromatic rings. The number of rotatable bonds is 11. The lowest BCUT2D eigenvalue weighted by molar-refractivity contribution is -0.137. The van der Waals surface area contributed by atoms with Gasteiger partial charge in [0.05, 0.1) is 20.1 Å². The topological polar surface area (TPSA) is 127 Å². The Kier molecular flexibility index (Phi) is 7.25. The number of nitrogens with zero attached hydrogens (tertiary/aromatic N) is 2. The molecule has 1 unspecified atom stereocenters. The van der Waals surface area contributed by atoms with Crippen molar-refractivity contribution in [2.24, 2.45) is 0 Å². The van der Waals surface area contributed by atoms with Crippen LogP contribution in [0.25, 0.3) is 11.1 Å². The first-order chi connectivity index (χ1) is 16.9. The van der Waals surface area contributed by atoms with Gasteiger partial charge in [0.15, 0.2) is 11.4 Å². The van der Waals surface area contributed by atoms with Crippen molar-refractivity contribution in [3.8, 4) is 5.75 Å². The zero-order valence-electron chi connectivity index (χ0n) is 19.4. The van der Waals surface area contributed by atoms with E-state index < -0.39 is 5.97 Å². The highest BCUT2D eigenvalue weighted by molar-refractivity contribution is 5.86. The Morgan fingerprint density at radius 3 is 2.74 bits per heavy atom.